The maximum atomic E-state index is 11.5. The normalized spacial score (nSPS) is 27.1. The molecule has 1 N–H and O–H groups in total. The SMILES string of the molecule is CC(=O)N1CCC(N2CC[C@H](O)[C@H](Cc3ccccc3)C2)CC1. The monoisotopic (exact) mass is 316 g/mol. The van der Waals surface area contributed by atoms with Crippen molar-refractivity contribution in [2.75, 3.05) is 26.2 Å². The summed E-state index contributed by atoms with van der Waals surface area (Å²) in [6.07, 6.45) is 3.75. The number of hydrogen-bond donors (Lipinski definition) is 1. The fraction of sp³-hybridized carbons (Fsp3) is 0.632. The molecule has 4 heteroatoms. The minimum Gasteiger partial charge on any atom is -0.393 e. The van der Waals surface area contributed by atoms with Gasteiger partial charge < -0.3 is 10.0 Å². The number of aliphatic hydroxyl groups is 1. The van der Waals surface area contributed by atoms with Crippen molar-refractivity contribution in [2.24, 2.45) is 5.92 Å². The molecular weight excluding hydrogens is 288 g/mol. The Morgan fingerprint density at radius 2 is 1.83 bits per heavy atom. The van der Waals surface area contributed by atoms with Crippen molar-refractivity contribution in [1.82, 2.24) is 9.80 Å². The van der Waals surface area contributed by atoms with E-state index in [2.05, 4.69) is 29.2 Å². The lowest BCUT2D eigenvalue weighted by Gasteiger charge is -2.43. The summed E-state index contributed by atoms with van der Waals surface area (Å²) < 4.78 is 0. The van der Waals surface area contributed by atoms with Gasteiger partial charge >= 0.3 is 0 Å². The first-order valence-electron chi connectivity index (χ1n) is 8.85. The van der Waals surface area contributed by atoms with Gasteiger partial charge in [0.2, 0.25) is 5.91 Å². The van der Waals surface area contributed by atoms with Crippen LogP contribution < -0.4 is 0 Å². The molecule has 0 aliphatic carbocycles. The molecule has 1 aromatic carbocycles. The second kappa shape index (κ2) is 7.45. The largest absolute Gasteiger partial charge is 0.393 e. The Bertz CT molecular complexity index is 511. The maximum Gasteiger partial charge on any atom is 0.219 e. The topological polar surface area (TPSA) is 43.8 Å². The van der Waals surface area contributed by atoms with Gasteiger partial charge in [-0.05, 0) is 31.2 Å². The van der Waals surface area contributed by atoms with Gasteiger partial charge in [-0.15, -0.1) is 0 Å². The van der Waals surface area contributed by atoms with E-state index in [1.165, 1.54) is 5.56 Å². The van der Waals surface area contributed by atoms with Crippen molar-refractivity contribution in [2.45, 2.75) is 44.8 Å². The third-order valence-electron chi connectivity index (χ3n) is 5.49. The molecule has 4 nitrogen and oxygen atoms in total. The smallest absolute Gasteiger partial charge is 0.219 e. The first-order valence-corrected chi connectivity index (χ1v) is 8.85. The van der Waals surface area contributed by atoms with E-state index >= 15 is 0 Å². The molecule has 126 valence electrons. The Morgan fingerprint density at radius 1 is 1.13 bits per heavy atom. The standard InChI is InChI=1S/C19H28N2O2/c1-15(22)20-10-7-18(8-11-20)21-12-9-19(23)17(14-21)13-16-5-3-2-4-6-16/h2-6,17-19,23H,7-14H2,1H3/t17-,19+/m1/s1. The van der Waals surface area contributed by atoms with E-state index in [1.807, 2.05) is 11.0 Å². The molecule has 2 heterocycles. The van der Waals surface area contributed by atoms with E-state index in [-0.39, 0.29) is 12.0 Å². The minimum atomic E-state index is -0.191. The number of piperidine rings is 2. The Morgan fingerprint density at radius 3 is 2.48 bits per heavy atom. The lowest BCUT2D eigenvalue weighted by atomic mass is 9.87. The zero-order valence-corrected chi connectivity index (χ0v) is 14.0. The predicted molar refractivity (Wildman–Crippen MR) is 91.1 cm³/mol. The number of rotatable bonds is 3. The van der Waals surface area contributed by atoms with Crippen LogP contribution in [0.4, 0.5) is 0 Å². The summed E-state index contributed by atoms with van der Waals surface area (Å²) in [6, 6.07) is 11.0. The van der Waals surface area contributed by atoms with Crippen molar-refractivity contribution in [3.05, 3.63) is 35.9 Å². The van der Waals surface area contributed by atoms with E-state index in [9.17, 15) is 9.90 Å². The van der Waals surface area contributed by atoms with Crippen LogP contribution in [0.3, 0.4) is 0 Å². The van der Waals surface area contributed by atoms with Crippen LogP contribution in [0.2, 0.25) is 0 Å². The number of nitrogens with zero attached hydrogens (tertiary/aromatic N) is 2. The summed E-state index contributed by atoms with van der Waals surface area (Å²) >= 11 is 0. The molecule has 0 bridgehead atoms. The highest BCUT2D eigenvalue weighted by atomic mass is 16.3. The first-order chi connectivity index (χ1) is 11.1. The van der Waals surface area contributed by atoms with Crippen LogP contribution in [0, 0.1) is 5.92 Å². The van der Waals surface area contributed by atoms with Gasteiger partial charge in [0.1, 0.15) is 0 Å². The molecule has 2 aliphatic heterocycles. The lowest BCUT2D eigenvalue weighted by molar-refractivity contribution is -0.130. The number of benzene rings is 1. The summed E-state index contributed by atoms with van der Waals surface area (Å²) in [5.74, 6) is 0.511. The Kier molecular flexibility index (Phi) is 5.34. The zero-order chi connectivity index (χ0) is 16.2. The van der Waals surface area contributed by atoms with Crippen LogP contribution >= 0.6 is 0 Å². The quantitative estimate of drug-likeness (QED) is 0.926. The van der Waals surface area contributed by atoms with Crippen LogP contribution in [-0.2, 0) is 11.2 Å². The Hall–Kier alpha value is -1.39. The molecule has 0 spiro atoms. The average Bonchev–Trinajstić information content (AvgIpc) is 2.58. The molecule has 2 fully saturated rings. The molecule has 2 atom stereocenters. The molecule has 1 aromatic rings. The second-order valence-electron chi connectivity index (χ2n) is 7.04. The van der Waals surface area contributed by atoms with E-state index < -0.39 is 0 Å². The lowest BCUT2D eigenvalue weighted by Crippen LogP contribution is -2.52. The highest BCUT2D eigenvalue weighted by Crippen LogP contribution is 2.26. The highest BCUT2D eigenvalue weighted by Gasteiger charge is 2.33. The van der Waals surface area contributed by atoms with Gasteiger partial charge in [-0.25, -0.2) is 0 Å². The third-order valence-corrected chi connectivity index (χ3v) is 5.49. The van der Waals surface area contributed by atoms with E-state index in [0.29, 0.717) is 12.0 Å². The fourth-order valence-corrected chi connectivity index (χ4v) is 4.04. The molecular formula is C19H28N2O2. The number of hydrogen-bond acceptors (Lipinski definition) is 3. The van der Waals surface area contributed by atoms with Crippen LogP contribution in [0.25, 0.3) is 0 Å². The third kappa shape index (κ3) is 4.12. The number of carbonyl (C=O) groups excluding carboxylic acids is 1. The summed E-state index contributed by atoms with van der Waals surface area (Å²) in [5, 5.41) is 10.4. The molecule has 0 aromatic heterocycles. The van der Waals surface area contributed by atoms with Gasteiger partial charge in [-0.2, -0.15) is 0 Å². The molecule has 0 radical (unpaired) electrons. The van der Waals surface area contributed by atoms with Crippen LogP contribution in [0.15, 0.2) is 30.3 Å². The molecule has 2 saturated heterocycles. The van der Waals surface area contributed by atoms with Crippen LogP contribution in [0.5, 0.6) is 0 Å². The van der Waals surface area contributed by atoms with Crippen molar-refractivity contribution < 1.29 is 9.90 Å². The Balaban J connectivity index is 1.56. The Labute approximate surface area is 139 Å². The number of carbonyl (C=O) groups is 1. The first kappa shape index (κ1) is 16.5. The molecule has 2 aliphatic rings. The maximum absolute atomic E-state index is 11.5. The number of likely N-dealkylation sites (tertiary alicyclic amines) is 2. The van der Waals surface area contributed by atoms with E-state index in [4.69, 9.17) is 0 Å². The van der Waals surface area contributed by atoms with Gasteiger partial charge in [0.25, 0.3) is 0 Å². The van der Waals surface area contributed by atoms with Crippen molar-refractivity contribution in [1.29, 1.82) is 0 Å². The molecule has 0 saturated carbocycles. The summed E-state index contributed by atoms with van der Waals surface area (Å²) in [6.45, 7) is 5.37. The number of aliphatic hydroxyl groups excluding tert-OH is 1. The van der Waals surface area contributed by atoms with Gasteiger partial charge in [0, 0.05) is 45.1 Å². The van der Waals surface area contributed by atoms with Crippen LogP contribution in [0.1, 0.15) is 31.7 Å². The van der Waals surface area contributed by atoms with Crippen LogP contribution in [-0.4, -0.2) is 59.1 Å². The summed E-state index contributed by atoms with van der Waals surface area (Å²) in [7, 11) is 0. The zero-order valence-electron chi connectivity index (χ0n) is 14.0. The number of amides is 1. The molecule has 1 amide bonds. The second-order valence-corrected chi connectivity index (χ2v) is 7.04. The fourth-order valence-electron chi connectivity index (χ4n) is 4.04. The van der Waals surface area contributed by atoms with Crippen molar-refractivity contribution >= 4 is 5.91 Å². The van der Waals surface area contributed by atoms with E-state index in [1.54, 1.807) is 6.92 Å². The molecule has 3 rings (SSSR count). The summed E-state index contributed by atoms with van der Waals surface area (Å²) in [4.78, 5) is 16.0. The molecule has 0 unspecified atom stereocenters. The van der Waals surface area contributed by atoms with Crippen molar-refractivity contribution in [3.8, 4) is 0 Å². The predicted octanol–water partition coefficient (Wildman–Crippen LogP) is 1.92. The van der Waals surface area contributed by atoms with Gasteiger partial charge in [0.15, 0.2) is 0 Å². The average molecular weight is 316 g/mol. The summed E-state index contributed by atoms with van der Waals surface area (Å²) in [5.41, 5.74) is 1.31. The van der Waals surface area contributed by atoms with Gasteiger partial charge in [-0.3, -0.25) is 9.69 Å². The van der Waals surface area contributed by atoms with Gasteiger partial charge in [-0.1, -0.05) is 30.3 Å². The van der Waals surface area contributed by atoms with Gasteiger partial charge in [0.05, 0.1) is 6.10 Å². The van der Waals surface area contributed by atoms with E-state index in [0.717, 1.165) is 51.9 Å². The molecule has 23 heavy (non-hydrogen) atoms. The highest BCUT2D eigenvalue weighted by molar-refractivity contribution is 5.73. The van der Waals surface area contributed by atoms with Crippen molar-refractivity contribution in [3.63, 3.8) is 0 Å². The minimum absolute atomic E-state index is 0.191.